The standard InChI is InChI=1S/C11H6FN3O3/c1-2-6-3-4-7(5-8(6)12)18-10-9(11(16)17)13-15-14-10/h1,3-5H,(H,16,17)(H,13,14,15). The van der Waals surface area contributed by atoms with E-state index in [1.165, 1.54) is 12.1 Å². The van der Waals surface area contributed by atoms with Crippen molar-refractivity contribution in [2.75, 3.05) is 0 Å². The lowest BCUT2D eigenvalue weighted by atomic mass is 10.2. The molecule has 90 valence electrons. The number of carboxylic acids is 1. The van der Waals surface area contributed by atoms with Crippen molar-refractivity contribution in [3.8, 4) is 24.0 Å². The highest BCUT2D eigenvalue weighted by Crippen LogP contribution is 2.23. The number of nitrogens with zero attached hydrogens (tertiary/aromatic N) is 2. The number of carboxylic acid groups (broad SMARTS) is 1. The minimum absolute atomic E-state index is 0.0834. The first kappa shape index (κ1) is 11.6. The molecule has 0 amide bonds. The van der Waals surface area contributed by atoms with Crippen molar-refractivity contribution in [2.24, 2.45) is 0 Å². The predicted octanol–water partition coefficient (Wildman–Crippen LogP) is 1.42. The summed E-state index contributed by atoms with van der Waals surface area (Å²) in [7, 11) is 0. The molecular formula is C11H6FN3O3. The Kier molecular flexibility index (Phi) is 2.93. The second kappa shape index (κ2) is 4.55. The highest BCUT2D eigenvalue weighted by Gasteiger charge is 2.17. The van der Waals surface area contributed by atoms with Gasteiger partial charge in [0.05, 0.1) is 5.56 Å². The average molecular weight is 247 g/mol. The van der Waals surface area contributed by atoms with E-state index in [-0.39, 0.29) is 17.2 Å². The zero-order valence-corrected chi connectivity index (χ0v) is 8.85. The van der Waals surface area contributed by atoms with Crippen molar-refractivity contribution in [1.82, 2.24) is 15.4 Å². The monoisotopic (exact) mass is 247 g/mol. The van der Waals surface area contributed by atoms with Gasteiger partial charge in [-0.25, -0.2) is 14.3 Å². The van der Waals surface area contributed by atoms with E-state index in [0.717, 1.165) is 6.07 Å². The van der Waals surface area contributed by atoms with Crippen LogP contribution in [0, 0.1) is 18.2 Å². The summed E-state index contributed by atoms with van der Waals surface area (Å²) in [5.41, 5.74) is -0.306. The minimum atomic E-state index is -1.31. The van der Waals surface area contributed by atoms with Crippen LogP contribution in [0.4, 0.5) is 4.39 Å². The number of aromatic carboxylic acids is 1. The Morgan fingerprint density at radius 2 is 2.33 bits per heavy atom. The largest absolute Gasteiger partial charge is 0.476 e. The molecule has 2 N–H and O–H groups in total. The van der Waals surface area contributed by atoms with Crippen LogP contribution in [0.3, 0.4) is 0 Å². The third-order valence-corrected chi connectivity index (χ3v) is 2.04. The van der Waals surface area contributed by atoms with Crippen LogP contribution in [0.25, 0.3) is 0 Å². The van der Waals surface area contributed by atoms with Gasteiger partial charge in [0.2, 0.25) is 5.69 Å². The summed E-state index contributed by atoms with van der Waals surface area (Å²) in [4.78, 5) is 10.7. The number of hydrogen-bond acceptors (Lipinski definition) is 4. The number of benzene rings is 1. The van der Waals surface area contributed by atoms with Crippen molar-refractivity contribution in [3.05, 3.63) is 35.3 Å². The number of aromatic nitrogens is 3. The van der Waals surface area contributed by atoms with Crippen LogP contribution in [0.5, 0.6) is 11.6 Å². The molecule has 0 aliphatic heterocycles. The Labute approximate surface area is 100 Å². The Hall–Kier alpha value is -2.88. The summed E-state index contributed by atoms with van der Waals surface area (Å²) in [5, 5.41) is 17.6. The lowest BCUT2D eigenvalue weighted by Gasteiger charge is -2.03. The fraction of sp³-hybridized carbons (Fsp3) is 0. The van der Waals surface area contributed by atoms with E-state index in [9.17, 15) is 9.18 Å². The molecule has 0 spiro atoms. The molecule has 0 radical (unpaired) electrons. The van der Waals surface area contributed by atoms with Gasteiger partial charge in [-0.1, -0.05) is 11.1 Å². The molecule has 1 heterocycles. The number of carbonyl (C=O) groups is 1. The molecule has 7 heteroatoms. The van der Waals surface area contributed by atoms with Crippen LogP contribution in [0.1, 0.15) is 16.1 Å². The van der Waals surface area contributed by atoms with Crippen molar-refractivity contribution < 1.29 is 19.0 Å². The van der Waals surface area contributed by atoms with E-state index in [1.54, 1.807) is 0 Å². The van der Waals surface area contributed by atoms with Crippen LogP contribution in [-0.2, 0) is 0 Å². The fourth-order valence-corrected chi connectivity index (χ4v) is 1.22. The lowest BCUT2D eigenvalue weighted by Crippen LogP contribution is -2.00. The van der Waals surface area contributed by atoms with Gasteiger partial charge in [-0.3, -0.25) is 0 Å². The van der Waals surface area contributed by atoms with E-state index in [0.29, 0.717) is 0 Å². The molecule has 0 saturated heterocycles. The number of hydrogen-bond donors (Lipinski definition) is 2. The molecule has 0 unspecified atom stereocenters. The number of ether oxygens (including phenoxy) is 1. The summed E-state index contributed by atoms with van der Waals surface area (Å²) in [6.07, 6.45) is 5.07. The van der Waals surface area contributed by atoms with Crippen LogP contribution >= 0.6 is 0 Å². The first-order chi connectivity index (χ1) is 8.61. The molecule has 0 saturated carbocycles. The predicted molar refractivity (Wildman–Crippen MR) is 57.8 cm³/mol. The molecule has 0 aliphatic rings. The lowest BCUT2D eigenvalue weighted by molar-refractivity contribution is 0.0687. The summed E-state index contributed by atoms with van der Waals surface area (Å²) >= 11 is 0. The van der Waals surface area contributed by atoms with Gasteiger partial charge in [-0.2, -0.15) is 0 Å². The number of terminal acetylenes is 1. The Bertz CT molecular complexity index is 645. The molecule has 2 aromatic rings. The molecule has 0 bridgehead atoms. The van der Waals surface area contributed by atoms with Crippen molar-refractivity contribution in [3.63, 3.8) is 0 Å². The molecule has 0 fully saturated rings. The second-order valence-corrected chi connectivity index (χ2v) is 3.18. The third-order valence-electron chi connectivity index (χ3n) is 2.04. The number of nitrogens with one attached hydrogen (secondary N) is 1. The molecule has 1 aromatic heterocycles. The van der Waals surface area contributed by atoms with E-state index < -0.39 is 17.5 Å². The molecular weight excluding hydrogens is 241 g/mol. The first-order valence-electron chi connectivity index (χ1n) is 4.70. The first-order valence-corrected chi connectivity index (χ1v) is 4.70. The van der Waals surface area contributed by atoms with E-state index in [4.69, 9.17) is 16.3 Å². The quantitative estimate of drug-likeness (QED) is 0.800. The van der Waals surface area contributed by atoms with Crippen LogP contribution in [-0.4, -0.2) is 26.5 Å². The van der Waals surface area contributed by atoms with Gasteiger partial charge in [0.25, 0.3) is 5.88 Å². The summed E-state index contributed by atoms with van der Waals surface area (Å²) in [6.45, 7) is 0. The van der Waals surface area contributed by atoms with Crippen molar-refractivity contribution in [2.45, 2.75) is 0 Å². The van der Waals surface area contributed by atoms with Gasteiger partial charge in [0, 0.05) is 6.07 Å². The Morgan fingerprint density at radius 1 is 1.56 bits per heavy atom. The van der Waals surface area contributed by atoms with E-state index in [2.05, 4.69) is 21.3 Å². The zero-order valence-electron chi connectivity index (χ0n) is 8.85. The highest BCUT2D eigenvalue weighted by atomic mass is 19.1. The molecule has 6 nitrogen and oxygen atoms in total. The average Bonchev–Trinajstić information content (AvgIpc) is 2.77. The maximum Gasteiger partial charge on any atom is 0.362 e. The third kappa shape index (κ3) is 2.12. The summed E-state index contributed by atoms with van der Waals surface area (Å²) in [5.74, 6) is 0.107. The zero-order chi connectivity index (χ0) is 13.1. The van der Waals surface area contributed by atoms with Gasteiger partial charge in [-0.05, 0) is 12.1 Å². The van der Waals surface area contributed by atoms with Crippen LogP contribution in [0.15, 0.2) is 18.2 Å². The van der Waals surface area contributed by atoms with Gasteiger partial charge in [0.1, 0.15) is 11.6 Å². The Morgan fingerprint density at radius 3 is 2.94 bits per heavy atom. The second-order valence-electron chi connectivity index (χ2n) is 3.18. The van der Waals surface area contributed by atoms with Crippen molar-refractivity contribution >= 4 is 5.97 Å². The number of H-pyrrole nitrogens is 1. The summed E-state index contributed by atoms with van der Waals surface area (Å²) < 4.78 is 18.5. The maximum absolute atomic E-state index is 13.4. The topological polar surface area (TPSA) is 88.1 Å². The minimum Gasteiger partial charge on any atom is -0.476 e. The smallest absolute Gasteiger partial charge is 0.362 e. The van der Waals surface area contributed by atoms with Gasteiger partial charge >= 0.3 is 5.97 Å². The Balaban J connectivity index is 2.29. The number of rotatable bonds is 3. The van der Waals surface area contributed by atoms with Gasteiger partial charge < -0.3 is 9.84 Å². The maximum atomic E-state index is 13.4. The highest BCUT2D eigenvalue weighted by molar-refractivity contribution is 5.87. The van der Waals surface area contributed by atoms with Gasteiger partial charge in [0.15, 0.2) is 0 Å². The number of aromatic amines is 1. The molecule has 1 aromatic carbocycles. The molecule has 18 heavy (non-hydrogen) atoms. The SMILES string of the molecule is C#Cc1ccc(Oc2[nH]nnc2C(=O)O)cc1F. The molecule has 0 atom stereocenters. The normalized spacial score (nSPS) is 9.78. The van der Waals surface area contributed by atoms with E-state index in [1.807, 2.05) is 0 Å². The van der Waals surface area contributed by atoms with Gasteiger partial charge in [-0.15, -0.1) is 11.5 Å². The van der Waals surface area contributed by atoms with E-state index >= 15 is 0 Å². The van der Waals surface area contributed by atoms with Crippen molar-refractivity contribution in [1.29, 1.82) is 0 Å². The van der Waals surface area contributed by atoms with Crippen LogP contribution < -0.4 is 4.74 Å². The molecule has 0 aliphatic carbocycles. The fourth-order valence-electron chi connectivity index (χ4n) is 1.22. The summed E-state index contributed by atoms with van der Waals surface area (Å²) in [6, 6.07) is 3.79. The number of halogens is 1. The van der Waals surface area contributed by atoms with Crippen LogP contribution in [0.2, 0.25) is 0 Å². The molecule has 2 rings (SSSR count).